The number of nitrogens with zero attached hydrogens (tertiary/aromatic N) is 2. The molecule has 0 bridgehead atoms. The maximum absolute atomic E-state index is 12.0. The van der Waals surface area contributed by atoms with E-state index in [9.17, 15) is 4.79 Å². The molecule has 2 heterocycles. The molecule has 0 unspecified atom stereocenters. The van der Waals surface area contributed by atoms with Crippen LogP contribution < -0.4 is 10.2 Å². The Hall–Kier alpha value is -2.27. The van der Waals surface area contributed by atoms with Gasteiger partial charge in [0.2, 0.25) is 0 Å². The van der Waals surface area contributed by atoms with Crippen LogP contribution in [0.1, 0.15) is 15.9 Å². The topological polar surface area (TPSA) is 48.7 Å². The number of amides is 1. The van der Waals surface area contributed by atoms with E-state index in [-0.39, 0.29) is 5.91 Å². The molecular formula is C17H21N3O2. The summed E-state index contributed by atoms with van der Waals surface area (Å²) in [4.78, 5) is 16.8. The third kappa shape index (κ3) is 3.14. The van der Waals surface area contributed by atoms with Gasteiger partial charge in [-0.25, -0.2) is 0 Å². The number of carbonyl (C=O) groups is 1. The standard InChI is InChI=1S/C17H21N3O2/c1-13-11-15(18-17(21)14-5-10-22-12-14)3-4-16(13)20-8-6-19(2)7-9-20/h3-5,10-12H,6-9H2,1-2H3,(H,18,21). The lowest BCUT2D eigenvalue weighted by atomic mass is 10.1. The highest BCUT2D eigenvalue weighted by Gasteiger charge is 2.16. The smallest absolute Gasteiger partial charge is 0.258 e. The highest BCUT2D eigenvalue weighted by molar-refractivity contribution is 6.04. The number of aryl methyl sites for hydroxylation is 1. The zero-order valence-corrected chi connectivity index (χ0v) is 13.0. The van der Waals surface area contributed by atoms with Crippen molar-refractivity contribution >= 4 is 17.3 Å². The van der Waals surface area contributed by atoms with Gasteiger partial charge in [0.05, 0.1) is 11.8 Å². The largest absolute Gasteiger partial charge is 0.472 e. The summed E-state index contributed by atoms with van der Waals surface area (Å²) in [7, 11) is 2.15. The molecule has 0 atom stereocenters. The second kappa shape index (κ2) is 6.23. The van der Waals surface area contributed by atoms with Gasteiger partial charge >= 0.3 is 0 Å². The Morgan fingerprint density at radius 1 is 1.18 bits per heavy atom. The van der Waals surface area contributed by atoms with E-state index in [2.05, 4.69) is 35.2 Å². The number of nitrogens with one attached hydrogen (secondary N) is 1. The van der Waals surface area contributed by atoms with E-state index < -0.39 is 0 Å². The van der Waals surface area contributed by atoms with Crippen molar-refractivity contribution in [2.24, 2.45) is 0 Å². The van der Waals surface area contributed by atoms with E-state index in [0.717, 1.165) is 31.9 Å². The maximum atomic E-state index is 12.0. The van der Waals surface area contributed by atoms with Crippen molar-refractivity contribution in [1.82, 2.24) is 4.90 Å². The molecule has 3 rings (SSSR count). The van der Waals surface area contributed by atoms with E-state index >= 15 is 0 Å². The summed E-state index contributed by atoms with van der Waals surface area (Å²) in [6.07, 6.45) is 2.94. The van der Waals surface area contributed by atoms with Crippen molar-refractivity contribution in [3.8, 4) is 0 Å². The Balaban J connectivity index is 1.71. The molecule has 1 saturated heterocycles. The van der Waals surface area contributed by atoms with Crippen molar-refractivity contribution in [3.63, 3.8) is 0 Å². The van der Waals surface area contributed by atoms with Gasteiger partial charge in [0.1, 0.15) is 6.26 Å². The van der Waals surface area contributed by atoms with Gasteiger partial charge in [0.25, 0.3) is 5.91 Å². The molecule has 0 spiro atoms. The second-order valence-corrected chi connectivity index (χ2v) is 5.76. The number of hydrogen-bond donors (Lipinski definition) is 1. The molecule has 1 N–H and O–H groups in total. The molecule has 1 amide bonds. The summed E-state index contributed by atoms with van der Waals surface area (Å²) in [6.45, 7) is 6.33. The van der Waals surface area contributed by atoms with Gasteiger partial charge in [-0.1, -0.05) is 0 Å². The van der Waals surface area contributed by atoms with Crippen LogP contribution >= 0.6 is 0 Å². The number of piperazine rings is 1. The van der Waals surface area contributed by atoms with Crippen LogP contribution in [0.4, 0.5) is 11.4 Å². The SMILES string of the molecule is Cc1cc(NC(=O)c2ccoc2)ccc1N1CCN(C)CC1. The van der Waals surface area contributed by atoms with Gasteiger partial charge in [0.15, 0.2) is 0 Å². The molecule has 22 heavy (non-hydrogen) atoms. The number of rotatable bonds is 3. The molecule has 1 aromatic heterocycles. The van der Waals surface area contributed by atoms with Gasteiger partial charge in [0, 0.05) is 37.6 Å². The summed E-state index contributed by atoms with van der Waals surface area (Å²) >= 11 is 0. The number of anilines is 2. The number of likely N-dealkylation sites (N-methyl/N-ethyl adjacent to an activating group) is 1. The van der Waals surface area contributed by atoms with E-state index in [0.29, 0.717) is 5.56 Å². The Labute approximate surface area is 130 Å². The molecule has 116 valence electrons. The molecule has 1 fully saturated rings. The molecule has 1 aromatic carbocycles. The zero-order chi connectivity index (χ0) is 15.5. The molecule has 5 heteroatoms. The van der Waals surface area contributed by atoms with Gasteiger partial charge in [-0.2, -0.15) is 0 Å². The van der Waals surface area contributed by atoms with Gasteiger partial charge in [-0.15, -0.1) is 0 Å². The van der Waals surface area contributed by atoms with Crippen molar-refractivity contribution in [3.05, 3.63) is 47.9 Å². The number of furan rings is 1. The maximum Gasteiger partial charge on any atom is 0.258 e. The average molecular weight is 299 g/mol. The first-order valence-electron chi connectivity index (χ1n) is 7.51. The molecule has 0 saturated carbocycles. The van der Waals surface area contributed by atoms with E-state index in [1.54, 1.807) is 6.07 Å². The van der Waals surface area contributed by atoms with Gasteiger partial charge in [-0.3, -0.25) is 4.79 Å². The molecule has 1 aliphatic heterocycles. The fourth-order valence-corrected chi connectivity index (χ4v) is 2.73. The van der Waals surface area contributed by atoms with Crippen LogP contribution in [-0.4, -0.2) is 44.0 Å². The molecular weight excluding hydrogens is 278 g/mol. The Kier molecular flexibility index (Phi) is 4.15. The first kappa shape index (κ1) is 14.7. The lowest BCUT2D eigenvalue weighted by Crippen LogP contribution is -2.44. The van der Waals surface area contributed by atoms with Crippen molar-refractivity contribution in [1.29, 1.82) is 0 Å². The predicted molar refractivity (Wildman–Crippen MR) is 87.6 cm³/mol. The van der Waals surface area contributed by atoms with Gasteiger partial charge in [-0.05, 0) is 43.8 Å². The zero-order valence-electron chi connectivity index (χ0n) is 13.0. The highest BCUT2D eigenvalue weighted by atomic mass is 16.3. The van der Waals surface area contributed by atoms with Crippen LogP contribution in [0.5, 0.6) is 0 Å². The summed E-state index contributed by atoms with van der Waals surface area (Å²) < 4.78 is 4.93. The van der Waals surface area contributed by atoms with Gasteiger partial charge < -0.3 is 19.5 Å². The average Bonchev–Trinajstić information content (AvgIpc) is 3.03. The van der Waals surface area contributed by atoms with Crippen LogP contribution in [0.25, 0.3) is 0 Å². The molecule has 1 aliphatic rings. The van der Waals surface area contributed by atoms with Crippen molar-refractivity contribution in [2.45, 2.75) is 6.92 Å². The predicted octanol–water partition coefficient (Wildman–Crippen LogP) is 2.59. The van der Waals surface area contributed by atoms with E-state index in [4.69, 9.17) is 4.42 Å². The fourth-order valence-electron chi connectivity index (χ4n) is 2.73. The summed E-state index contributed by atoms with van der Waals surface area (Å²) in [5.74, 6) is -0.152. The lowest BCUT2D eigenvalue weighted by molar-refractivity contribution is 0.102. The van der Waals surface area contributed by atoms with Crippen LogP contribution in [0.15, 0.2) is 41.2 Å². The number of hydrogen-bond acceptors (Lipinski definition) is 4. The van der Waals surface area contributed by atoms with E-state index in [1.807, 2.05) is 12.1 Å². The summed E-state index contributed by atoms with van der Waals surface area (Å²) in [5.41, 5.74) is 3.76. The number of benzene rings is 1. The van der Waals surface area contributed by atoms with Crippen LogP contribution in [0, 0.1) is 6.92 Å². The Morgan fingerprint density at radius 3 is 2.59 bits per heavy atom. The minimum Gasteiger partial charge on any atom is -0.472 e. The highest BCUT2D eigenvalue weighted by Crippen LogP contribution is 2.25. The monoisotopic (exact) mass is 299 g/mol. The second-order valence-electron chi connectivity index (χ2n) is 5.76. The number of carbonyl (C=O) groups excluding carboxylic acids is 1. The van der Waals surface area contributed by atoms with Crippen molar-refractivity contribution < 1.29 is 9.21 Å². The summed E-state index contributed by atoms with van der Waals surface area (Å²) in [6, 6.07) is 7.72. The first-order valence-corrected chi connectivity index (χ1v) is 7.51. The Morgan fingerprint density at radius 2 is 1.95 bits per heavy atom. The third-order valence-corrected chi connectivity index (χ3v) is 4.08. The Bertz CT molecular complexity index is 644. The third-order valence-electron chi connectivity index (χ3n) is 4.08. The molecule has 0 aliphatic carbocycles. The normalized spacial score (nSPS) is 15.8. The molecule has 5 nitrogen and oxygen atoms in total. The fraction of sp³-hybridized carbons (Fsp3) is 0.353. The minimum absolute atomic E-state index is 0.152. The minimum atomic E-state index is -0.152. The van der Waals surface area contributed by atoms with Crippen LogP contribution in [0.3, 0.4) is 0 Å². The molecule has 2 aromatic rings. The van der Waals surface area contributed by atoms with E-state index in [1.165, 1.54) is 23.8 Å². The van der Waals surface area contributed by atoms with Crippen LogP contribution in [0.2, 0.25) is 0 Å². The molecule has 0 radical (unpaired) electrons. The lowest BCUT2D eigenvalue weighted by Gasteiger charge is -2.35. The van der Waals surface area contributed by atoms with Crippen molar-refractivity contribution in [2.75, 3.05) is 43.4 Å². The first-order chi connectivity index (χ1) is 10.6. The summed E-state index contributed by atoms with van der Waals surface area (Å²) in [5, 5.41) is 2.90. The quantitative estimate of drug-likeness (QED) is 0.946. The van der Waals surface area contributed by atoms with Crippen LogP contribution in [-0.2, 0) is 0 Å².